The van der Waals surface area contributed by atoms with E-state index in [-0.39, 0.29) is 11.3 Å². The maximum Gasteiger partial charge on any atom is 0.417 e. The molecule has 8 heteroatoms. The average Bonchev–Trinajstić information content (AvgIpc) is 2.66. The number of halogens is 4. The second kappa shape index (κ2) is 7.90. The van der Waals surface area contributed by atoms with Crippen molar-refractivity contribution in [3.63, 3.8) is 0 Å². The van der Waals surface area contributed by atoms with Crippen LogP contribution in [0.15, 0.2) is 60.7 Å². The van der Waals surface area contributed by atoms with Crippen molar-refractivity contribution in [3.8, 4) is 0 Å². The van der Waals surface area contributed by atoms with Crippen LogP contribution in [-0.2, 0) is 15.7 Å². The van der Waals surface area contributed by atoms with Crippen LogP contribution in [0.5, 0.6) is 0 Å². The fourth-order valence-electron chi connectivity index (χ4n) is 2.55. The summed E-state index contributed by atoms with van der Waals surface area (Å²) in [5, 5.41) is 3.54. The Morgan fingerprint density at radius 2 is 1.68 bits per heavy atom. The molecule has 0 aliphatic rings. The van der Waals surface area contributed by atoms with Gasteiger partial charge in [-0.05, 0) is 41.1 Å². The van der Waals surface area contributed by atoms with E-state index < -0.39 is 35.2 Å². The molecule has 144 valence electrons. The van der Waals surface area contributed by atoms with Gasteiger partial charge in [-0.2, -0.15) is 13.2 Å². The van der Waals surface area contributed by atoms with E-state index in [0.717, 1.165) is 16.8 Å². The highest BCUT2D eigenvalue weighted by Crippen LogP contribution is 2.36. The summed E-state index contributed by atoms with van der Waals surface area (Å²) in [4.78, 5) is 24.0. The zero-order chi connectivity index (χ0) is 20.3. The second-order valence-electron chi connectivity index (χ2n) is 5.88. The highest BCUT2D eigenvalue weighted by Gasteiger charge is 2.33. The molecule has 1 amide bonds. The van der Waals surface area contributed by atoms with E-state index in [4.69, 9.17) is 16.3 Å². The third-order valence-corrected chi connectivity index (χ3v) is 4.20. The molecule has 0 atom stereocenters. The van der Waals surface area contributed by atoms with Gasteiger partial charge >= 0.3 is 12.1 Å². The smallest absolute Gasteiger partial charge is 0.417 e. The van der Waals surface area contributed by atoms with Gasteiger partial charge in [-0.25, -0.2) is 4.79 Å². The standard InChI is InChI=1S/C20H13ClF3NO3/c21-17-8-7-15(10-16(17)20(22,23)24)25-18(26)11-28-19(27)14-6-5-12-3-1-2-4-13(12)9-14/h1-10H,11H2,(H,25,26). The van der Waals surface area contributed by atoms with Crippen LogP contribution >= 0.6 is 11.6 Å². The summed E-state index contributed by atoms with van der Waals surface area (Å²) >= 11 is 5.53. The number of carbonyl (C=O) groups is 2. The normalized spacial score (nSPS) is 11.3. The fraction of sp³-hybridized carbons (Fsp3) is 0.100. The summed E-state index contributed by atoms with van der Waals surface area (Å²) in [5.41, 5.74) is -0.916. The molecule has 3 aromatic rings. The maximum atomic E-state index is 12.9. The summed E-state index contributed by atoms with van der Waals surface area (Å²) in [7, 11) is 0. The van der Waals surface area contributed by atoms with Crippen molar-refractivity contribution >= 4 is 39.9 Å². The molecule has 3 rings (SSSR count). The molecule has 1 N–H and O–H groups in total. The zero-order valence-electron chi connectivity index (χ0n) is 14.2. The van der Waals surface area contributed by atoms with Crippen molar-refractivity contribution in [2.75, 3.05) is 11.9 Å². The highest BCUT2D eigenvalue weighted by molar-refractivity contribution is 6.31. The largest absolute Gasteiger partial charge is 0.452 e. The number of amides is 1. The number of hydrogen-bond acceptors (Lipinski definition) is 3. The first-order chi connectivity index (χ1) is 13.2. The molecule has 0 aliphatic carbocycles. The zero-order valence-corrected chi connectivity index (χ0v) is 15.0. The van der Waals surface area contributed by atoms with E-state index in [1.54, 1.807) is 18.2 Å². The number of anilines is 1. The van der Waals surface area contributed by atoms with E-state index in [2.05, 4.69) is 5.32 Å². The van der Waals surface area contributed by atoms with Crippen molar-refractivity contribution in [3.05, 3.63) is 76.8 Å². The Morgan fingerprint density at radius 3 is 2.39 bits per heavy atom. The van der Waals surface area contributed by atoms with E-state index in [9.17, 15) is 22.8 Å². The van der Waals surface area contributed by atoms with Gasteiger partial charge < -0.3 is 10.1 Å². The van der Waals surface area contributed by atoms with Crippen molar-refractivity contribution in [1.29, 1.82) is 0 Å². The lowest BCUT2D eigenvalue weighted by Gasteiger charge is -2.12. The molecular weight excluding hydrogens is 395 g/mol. The Balaban J connectivity index is 1.63. The molecule has 0 saturated heterocycles. The van der Waals surface area contributed by atoms with Gasteiger partial charge in [-0.1, -0.05) is 41.9 Å². The number of rotatable bonds is 4. The molecule has 0 radical (unpaired) electrons. The van der Waals surface area contributed by atoms with Crippen LogP contribution < -0.4 is 5.32 Å². The predicted molar refractivity (Wildman–Crippen MR) is 99.3 cm³/mol. The molecule has 0 heterocycles. The Kier molecular flexibility index (Phi) is 5.56. The summed E-state index contributed by atoms with van der Waals surface area (Å²) in [6.45, 7) is -0.643. The number of hydrogen-bond donors (Lipinski definition) is 1. The van der Waals surface area contributed by atoms with Crippen molar-refractivity contribution < 1.29 is 27.5 Å². The molecule has 0 fully saturated rings. The lowest BCUT2D eigenvalue weighted by Crippen LogP contribution is -2.21. The molecule has 0 unspecified atom stereocenters. The molecular formula is C20H13ClF3NO3. The van der Waals surface area contributed by atoms with Crippen LogP contribution in [0.2, 0.25) is 5.02 Å². The van der Waals surface area contributed by atoms with Crippen LogP contribution in [0.25, 0.3) is 10.8 Å². The molecule has 0 spiro atoms. The van der Waals surface area contributed by atoms with Crippen molar-refractivity contribution in [2.24, 2.45) is 0 Å². The van der Waals surface area contributed by atoms with Gasteiger partial charge in [0.25, 0.3) is 5.91 Å². The van der Waals surface area contributed by atoms with Gasteiger partial charge in [0.15, 0.2) is 6.61 Å². The molecule has 0 saturated carbocycles. The first-order valence-electron chi connectivity index (χ1n) is 8.06. The number of benzene rings is 3. The quantitative estimate of drug-likeness (QED) is 0.596. The average molecular weight is 408 g/mol. The van der Waals surface area contributed by atoms with Crippen LogP contribution in [0.1, 0.15) is 15.9 Å². The monoisotopic (exact) mass is 407 g/mol. The lowest BCUT2D eigenvalue weighted by molar-refractivity contribution is -0.137. The molecule has 28 heavy (non-hydrogen) atoms. The Hall–Kier alpha value is -3.06. The van der Waals surface area contributed by atoms with E-state index in [0.29, 0.717) is 6.07 Å². The van der Waals surface area contributed by atoms with Crippen LogP contribution in [0, 0.1) is 0 Å². The number of alkyl halides is 3. The fourth-order valence-corrected chi connectivity index (χ4v) is 2.77. The number of ether oxygens (including phenoxy) is 1. The van der Waals surface area contributed by atoms with E-state index >= 15 is 0 Å². The SMILES string of the molecule is O=C(COC(=O)c1ccc2ccccc2c1)Nc1ccc(Cl)c(C(F)(F)F)c1. The van der Waals surface area contributed by atoms with Crippen LogP contribution in [0.4, 0.5) is 18.9 Å². The minimum absolute atomic E-state index is 0.108. The summed E-state index contributed by atoms with van der Waals surface area (Å²) < 4.78 is 43.5. The van der Waals surface area contributed by atoms with Crippen molar-refractivity contribution in [2.45, 2.75) is 6.18 Å². The number of carbonyl (C=O) groups excluding carboxylic acids is 2. The minimum atomic E-state index is -4.65. The molecule has 4 nitrogen and oxygen atoms in total. The number of nitrogens with one attached hydrogen (secondary N) is 1. The molecule has 0 aromatic heterocycles. The predicted octanol–water partition coefficient (Wildman–Crippen LogP) is 5.31. The topological polar surface area (TPSA) is 55.4 Å². The van der Waals surface area contributed by atoms with Gasteiger partial charge in [-0.3, -0.25) is 4.79 Å². The second-order valence-corrected chi connectivity index (χ2v) is 6.29. The van der Waals surface area contributed by atoms with Crippen LogP contribution in [-0.4, -0.2) is 18.5 Å². The van der Waals surface area contributed by atoms with Gasteiger partial charge in [0.2, 0.25) is 0 Å². The summed E-state index contributed by atoms with van der Waals surface area (Å²) in [5.74, 6) is -1.49. The van der Waals surface area contributed by atoms with E-state index in [1.165, 1.54) is 6.07 Å². The van der Waals surface area contributed by atoms with Gasteiger partial charge in [0, 0.05) is 5.69 Å². The van der Waals surface area contributed by atoms with Gasteiger partial charge in [0.05, 0.1) is 16.1 Å². The Bertz CT molecular complexity index is 1050. The van der Waals surface area contributed by atoms with Gasteiger partial charge in [-0.15, -0.1) is 0 Å². The number of esters is 1. The molecule has 0 aliphatic heterocycles. The first-order valence-corrected chi connectivity index (χ1v) is 8.44. The van der Waals surface area contributed by atoms with Crippen LogP contribution in [0.3, 0.4) is 0 Å². The summed E-state index contributed by atoms with van der Waals surface area (Å²) in [6, 6.07) is 15.3. The number of fused-ring (bicyclic) bond motifs is 1. The summed E-state index contributed by atoms with van der Waals surface area (Å²) in [6.07, 6.45) is -4.65. The lowest BCUT2D eigenvalue weighted by atomic mass is 10.1. The van der Waals surface area contributed by atoms with Gasteiger partial charge in [0.1, 0.15) is 0 Å². The molecule has 0 bridgehead atoms. The third-order valence-electron chi connectivity index (χ3n) is 3.88. The third kappa shape index (κ3) is 4.61. The highest BCUT2D eigenvalue weighted by atomic mass is 35.5. The van der Waals surface area contributed by atoms with Crippen molar-refractivity contribution in [1.82, 2.24) is 0 Å². The minimum Gasteiger partial charge on any atom is -0.452 e. The Labute approximate surface area is 162 Å². The first kappa shape index (κ1) is 19.7. The van der Waals surface area contributed by atoms with E-state index in [1.807, 2.05) is 24.3 Å². The maximum absolute atomic E-state index is 12.9. The Morgan fingerprint density at radius 1 is 0.964 bits per heavy atom. The molecule has 3 aromatic carbocycles.